The van der Waals surface area contributed by atoms with Crippen LogP contribution in [0.2, 0.25) is 0 Å². The molecule has 54 valence electrons. The zero-order valence-corrected chi connectivity index (χ0v) is 6.60. The Morgan fingerprint density at radius 3 is 2.11 bits per heavy atom. The summed E-state index contributed by atoms with van der Waals surface area (Å²) >= 11 is 3.38. The zero-order chi connectivity index (χ0) is 7.28. The highest BCUT2D eigenvalue weighted by Crippen LogP contribution is 2.29. The number of hydrogen-bond donors (Lipinski definition) is 2. The maximum absolute atomic E-state index is 8.78. The summed E-state index contributed by atoms with van der Waals surface area (Å²) in [7, 11) is 0. The molecule has 9 heavy (non-hydrogen) atoms. The SMILES string of the molecule is BrCC1CC1.NC(=O)O. The zero-order valence-electron chi connectivity index (χ0n) is 5.01. The molecule has 0 unspecified atom stereocenters. The van der Waals surface area contributed by atoms with E-state index in [1.807, 2.05) is 0 Å². The van der Waals surface area contributed by atoms with Gasteiger partial charge in [0.15, 0.2) is 0 Å². The molecular formula is C5H10BrNO2. The monoisotopic (exact) mass is 195 g/mol. The van der Waals surface area contributed by atoms with Crippen molar-refractivity contribution in [3.8, 4) is 0 Å². The first kappa shape index (κ1) is 8.75. The van der Waals surface area contributed by atoms with E-state index in [2.05, 4.69) is 21.7 Å². The van der Waals surface area contributed by atoms with E-state index in [1.54, 1.807) is 0 Å². The van der Waals surface area contributed by atoms with Crippen LogP contribution in [0.3, 0.4) is 0 Å². The van der Waals surface area contributed by atoms with Gasteiger partial charge >= 0.3 is 6.09 Å². The van der Waals surface area contributed by atoms with Crippen molar-refractivity contribution in [2.75, 3.05) is 5.33 Å². The van der Waals surface area contributed by atoms with E-state index >= 15 is 0 Å². The fraction of sp³-hybridized carbons (Fsp3) is 0.800. The average molecular weight is 196 g/mol. The van der Waals surface area contributed by atoms with E-state index in [4.69, 9.17) is 9.90 Å². The van der Waals surface area contributed by atoms with Crippen molar-refractivity contribution < 1.29 is 9.90 Å². The molecule has 0 radical (unpaired) electrons. The number of rotatable bonds is 1. The molecule has 1 amide bonds. The largest absolute Gasteiger partial charge is 0.465 e. The third-order valence-electron chi connectivity index (χ3n) is 0.915. The molecule has 1 rings (SSSR count). The summed E-state index contributed by atoms with van der Waals surface area (Å²) in [6.45, 7) is 0. The average Bonchev–Trinajstić information content (AvgIpc) is 2.43. The van der Waals surface area contributed by atoms with Gasteiger partial charge in [-0.25, -0.2) is 4.79 Å². The van der Waals surface area contributed by atoms with Crippen molar-refractivity contribution >= 4 is 22.0 Å². The fourth-order valence-electron chi connectivity index (χ4n) is 0.272. The van der Waals surface area contributed by atoms with Crippen molar-refractivity contribution in [1.82, 2.24) is 0 Å². The molecule has 1 aliphatic rings. The lowest BCUT2D eigenvalue weighted by Crippen LogP contribution is -2.03. The summed E-state index contributed by atoms with van der Waals surface area (Å²) in [4.78, 5) is 8.78. The Morgan fingerprint density at radius 2 is 2.11 bits per heavy atom. The Balaban J connectivity index is 0.000000148. The summed E-state index contributed by atoms with van der Waals surface area (Å²) in [6, 6.07) is 0. The maximum atomic E-state index is 8.78. The highest BCUT2D eigenvalue weighted by Gasteiger charge is 2.18. The van der Waals surface area contributed by atoms with Crippen molar-refractivity contribution in [2.24, 2.45) is 11.7 Å². The van der Waals surface area contributed by atoms with E-state index in [0.29, 0.717) is 0 Å². The smallest absolute Gasteiger partial charge is 0.402 e. The van der Waals surface area contributed by atoms with E-state index in [1.165, 1.54) is 18.2 Å². The van der Waals surface area contributed by atoms with Gasteiger partial charge in [-0.05, 0) is 18.8 Å². The van der Waals surface area contributed by atoms with Gasteiger partial charge in [-0.3, -0.25) is 0 Å². The Kier molecular flexibility index (Phi) is 4.48. The second-order valence-electron chi connectivity index (χ2n) is 1.94. The number of nitrogens with two attached hydrogens (primary N) is 1. The van der Waals surface area contributed by atoms with Crippen LogP contribution in [0.1, 0.15) is 12.8 Å². The first-order chi connectivity index (χ1) is 4.16. The summed E-state index contributed by atoms with van der Waals surface area (Å²) in [5, 5.41) is 8.42. The Morgan fingerprint density at radius 1 is 1.78 bits per heavy atom. The molecule has 0 aromatic carbocycles. The van der Waals surface area contributed by atoms with Crippen LogP contribution >= 0.6 is 15.9 Å². The molecule has 0 spiro atoms. The van der Waals surface area contributed by atoms with Crippen LogP contribution in [0, 0.1) is 5.92 Å². The standard InChI is InChI=1S/C4H7Br.CH3NO2/c5-3-4-1-2-4;2-1(3)4/h4H,1-3H2;2H2,(H,3,4). The van der Waals surface area contributed by atoms with Gasteiger partial charge in [0, 0.05) is 5.33 Å². The van der Waals surface area contributed by atoms with Crippen molar-refractivity contribution in [3.05, 3.63) is 0 Å². The van der Waals surface area contributed by atoms with Crippen LogP contribution in [-0.2, 0) is 0 Å². The lowest BCUT2D eigenvalue weighted by Gasteiger charge is -1.70. The van der Waals surface area contributed by atoms with Crippen molar-refractivity contribution in [3.63, 3.8) is 0 Å². The minimum absolute atomic E-state index is 1.05. The predicted molar refractivity (Wildman–Crippen MR) is 38.7 cm³/mol. The third-order valence-corrected chi connectivity index (χ3v) is 1.83. The van der Waals surface area contributed by atoms with Crippen molar-refractivity contribution in [2.45, 2.75) is 12.8 Å². The molecule has 0 atom stereocenters. The van der Waals surface area contributed by atoms with E-state index < -0.39 is 6.09 Å². The Bertz CT molecular complexity index is 89.0. The van der Waals surface area contributed by atoms with Gasteiger partial charge in [-0.2, -0.15) is 0 Å². The minimum atomic E-state index is -1.33. The molecule has 0 saturated heterocycles. The van der Waals surface area contributed by atoms with Gasteiger partial charge in [-0.15, -0.1) is 0 Å². The fourth-order valence-corrected chi connectivity index (χ4v) is 0.920. The van der Waals surface area contributed by atoms with Crippen LogP contribution in [0.4, 0.5) is 4.79 Å². The Labute approximate surface area is 62.4 Å². The molecule has 0 aromatic heterocycles. The minimum Gasteiger partial charge on any atom is -0.465 e. The molecule has 1 aliphatic carbocycles. The van der Waals surface area contributed by atoms with E-state index in [-0.39, 0.29) is 0 Å². The molecule has 1 saturated carbocycles. The molecule has 0 bridgehead atoms. The second-order valence-corrected chi connectivity index (χ2v) is 2.58. The van der Waals surface area contributed by atoms with Crippen LogP contribution in [0.5, 0.6) is 0 Å². The molecule has 0 aliphatic heterocycles. The molecule has 1 fully saturated rings. The molecule has 0 aromatic rings. The van der Waals surface area contributed by atoms with Crippen molar-refractivity contribution in [1.29, 1.82) is 0 Å². The number of carbonyl (C=O) groups is 1. The van der Waals surface area contributed by atoms with Crippen LogP contribution in [-0.4, -0.2) is 16.5 Å². The molecule has 3 nitrogen and oxygen atoms in total. The van der Waals surface area contributed by atoms with Gasteiger partial charge in [0.25, 0.3) is 0 Å². The quantitative estimate of drug-likeness (QED) is 0.622. The first-order valence-electron chi connectivity index (χ1n) is 2.71. The Hall–Kier alpha value is -0.250. The van der Waals surface area contributed by atoms with Crippen LogP contribution in [0.25, 0.3) is 0 Å². The summed E-state index contributed by atoms with van der Waals surface area (Å²) in [5.74, 6) is 1.05. The predicted octanol–water partition coefficient (Wildman–Crippen LogP) is 1.41. The van der Waals surface area contributed by atoms with Gasteiger partial charge in [-0.1, -0.05) is 15.9 Å². The summed E-state index contributed by atoms with van der Waals surface area (Å²) in [5.41, 5.74) is 4.03. The lowest BCUT2D eigenvalue weighted by atomic mass is 10.5. The summed E-state index contributed by atoms with van der Waals surface area (Å²) in [6.07, 6.45) is 1.59. The number of hydrogen-bond acceptors (Lipinski definition) is 1. The van der Waals surface area contributed by atoms with Crippen LogP contribution in [0.15, 0.2) is 0 Å². The molecule has 4 heteroatoms. The first-order valence-corrected chi connectivity index (χ1v) is 3.83. The van der Waals surface area contributed by atoms with Gasteiger partial charge in [0.2, 0.25) is 0 Å². The highest BCUT2D eigenvalue weighted by molar-refractivity contribution is 9.09. The molecule has 3 N–H and O–H groups in total. The molecule has 0 heterocycles. The normalized spacial score (nSPS) is 15.7. The second kappa shape index (κ2) is 4.61. The molecular weight excluding hydrogens is 186 g/mol. The van der Waals surface area contributed by atoms with Gasteiger partial charge in [0.05, 0.1) is 0 Å². The number of carboxylic acid groups (broad SMARTS) is 1. The highest BCUT2D eigenvalue weighted by atomic mass is 79.9. The maximum Gasteiger partial charge on any atom is 0.402 e. The lowest BCUT2D eigenvalue weighted by molar-refractivity contribution is 0.205. The van der Waals surface area contributed by atoms with Gasteiger partial charge < -0.3 is 10.8 Å². The number of alkyl halides is 1. The van der Waals surface area contributed by atoms with E-state index in [9.17, 15) is 0 Å². The number of amides is 1. The third kappa shape index (κ3) is 11.4. The topological polar surface area (TPSA) is 63.3 Å². The van der Waals surface area contributed by atoms with Crippen LogP contribution < -0.4 is 5.73 Å². The summed E-state index contributed by atoms with van der Waals surface area (Å²) < 4.78 is 0. The van der Waals surface area contributed by atoms with E-state index in [0.717, 1.165) is 5.92 Å². The number of primary amides is 1. The van der Waals surface area contributed by atoms with Gasteiger partial charge in [0.1, 0.15) is 0 Å². The number of halogens is 1.